The smallest absolute Gasteiger partial charge is 0.220 e. The molecule has 2 heterocycles. The van der Waals surface area contributed by atoms with Crippen molar-refractivity contribution in [2.45, 2.75) is 40.2 Å². The Morgan fingerprint density at radius 2 is 2.15 bits per heavy atom. The standard InChI is InChI=1S/C14H20N4OS/c1-9-13(10(2)18(4)17-9)5-6-14(19)16-8-12-7-15-11(3)20-12/h7H,5-6,8H2,1-4H3,(H,16,19). The van der Waals surface area contributed by atoms with Gasteiger partial charge in [-0.05, 0) is 32.8 Å². The molecule has 0 unspecified atom stereocenters. The zero-order valence-corrected chi connectivity index (χ0v) is 13.2. The average Bonchev–Trinajstić information content (AvgIpc) is 2.91. The minimum atomic E-state index is 0.0682. The molecule has 2 aromatic heterocycles. The van der Waals surface area contributed by atoms with Gasteiger partial charge in [-0.15, -0.1) is 11.3 Å². The number of carbonyl (C=O) groups excluding carboxylic acids is 1. The van der Waals surface area contributed by atoms with Crippen LogP contribution < -0.4 is 5.32 Å². The van der Waals surface area contributed by atoms with Crippen LogP contribution >= 0.6 is 11.3 Å². The van der Waals surface area contributed by atoms with Crippen molar-refractivity contribution in [2.24, 2.45) is 7.05 Å². The highest BCUT2D eigenvalue weighted by Gasteiger charge is 2.11. The summed E-state index contributed by atoms with van der Waals surface area (Å²) < 4.78 is 1.86. The van der Waals surface area contributed by atoms with Gasteiger partial charge in [-0.3, -0.25) is 9.48 Å². The summed E-state index contributed by atoms with van der Waals surface area (Å²) in [6.07, 6.45) is 3.04. The Morgan fingerprint density at radius 3 is 2.70 bits per heavy atom. The Morgan fingerprint density at radius 1 is 1.40 bits per heavy atom. The summed E-state index contributed by atoms with van der Waals surface area (Å²) in [7, 11) is 1.93. The zero-order chi connectivity index (χ0) is 14.7. The van der Waals surface area contributed by atoms with Crippen LogP contribution in [0.3, 0.4) is 0 Å². The van der Waals surface area contributed by atoms with Gasteiger partial charge < -0.3 is 5.32 Å². The molecular formula is C14H20N4OS. The van der Waals surface area contributed by atoms with Crippen molar-refractivity contribution in [3.63, 3.8) is 0 Å². The predicted octanol–water partition coefficient (Wildman–Crippen LogP) is 2.05. The first-order valence-electron chi connectivity index (χ1n) is 6.64. The van der Waals surface area contributed by atoms with Gasteiger partial charge in [0, 0.05) is 30.2 Å². The van der Waals surface area contributed by atoms with Gasteiger partial charge in [0.25, 0.3) is 0 Å². The van der Waals surface area contributed by atoms with Gasteiger partial charge in [0.2, 0.25) is 5.91 Å². The van der Waals surface area contributed by atoms with Gasteiger partial charge in [0.1, 0.15) is 0 Å². The van der Waals surface area contributed by atoms with Gasteiger partial charge in [-0.2, -0.15) is 5.10 Å². The maximum absolute atomic E-state index is 11.9. The molecule has 2 aromatic rings. The van der Waals surface area contributed by atoms with E-state index in [1.165, 1.54) is 5.56 Å². The lowest BCUT2D eigenvalue weighted by Crippen LogP contribution is -2.22. The number of carbonyl (C=O) groups is 1. The molecule has 6 heteroatoms. The number of aryl methyl sites for hydroxylation is 3. The summed E-state index contributed by atoms with van der Waals surface area (Å²) in [5.74, 6) is 0.0682. The minimum absolute atomic E-state index is 0.0682. The molecule has 0 bridgehead atoms. The fourth-order valence-corrected chi connectivity index (χ4v) is 2.91. The van der Waals surface area contributed by atoms with Crippen LogP contribution in [0.1, 0.15) is 33.3 Å². The normalized spacial score (nSPS) is 10.8. The van der Waals surface area contributed by atoms with E-state index in [4.69, 9.17) is 0 Å². The van der Waals surface area contributed by atoms with Crippen molar-refractivity contribution in [3.05, 3.63) is 33.0 Å². The van der Waals surface area contributed by atoms with Crippen molar-refractivity contribution in [2.75, 3.05) is 0 Å². The molecule has 0 saturated carbocycles. The van der Waals surface area contributed by atoms with Crippen molar-refractivity contribution in [1.82, 2.24) is 20.1 Å². The fraction of sp³-hybridized carbons (Fsp3) is 0.500. The number of amides is 1. The van der Waals surface area contributed by atoms with Gasteiger partial charge in [0.15, 0.2) is 0 Å². The van der Waals surface area contributed by atoms with E-state index < -0.39 is 0 Å². The number of nitrogens with one attached hydrogen (secondary N) is 1. The van der Waals surface area contributed by atoms with Crippen LogP contribution in [0, 0.1) is 20.8 Å². The molecular weight excluding hydrogens is 272 g/mol. The molecule has 0 aromatic carbocycles. The molecule has 0 saturated heterocycles. The van der Waals surface area contributed by atoms with Gasteiger partial charge in [-0.25, -0.2) is 4.98 Å². The number of hydrogen-bond acceptors (Lipinski definition) is 4. The summed E-state index contributed by atoms with van der Waals surface area (Å²) in [4.78, 5) is 17.1. The third kappa shape index (κ3) is 3.45. The first-order chi connectivity index (χ1) is 9.47. The number of hydrogen-bond donors (Lipinski definition) is 1. The fourth-order valence-electron chi connectivity index (χ4n) is 2.18. The number of thiazole rings is 1. The molecule has 0 aliphatic carbocycles. The van der Waals surface area contributed by atoms with Crippen LogP contribution in [0.5, 0.6) is 0 Å². The molecule has 0 aliphatic heterocycles. The lowest BCUT2D eigenvalue weighted by molar-refractivity contribution is -0.121. The molecule has 0 atom stereocenters. The molecule has 20 heavy (non-hydrogen) atoms. The van der Waals surface area contributed by atoms with Crippen molar-refractivity contribution < 1.29 is 4.79 Å². The van der Waals surface area contributed by atoms with E-state index in [0.29, 0.717) is 13.0 Å². The van der Waals surface area contributed by atoms with Crippen LogP contribution in [-0.2, 0) is 24.8 Å². The van der Waals surface area contributed by atoms with E-state index in [2.05, 4.69) is 15.4 Å². The van der Waals surface area contributed by atoms with Gasteiger partial charge in [-0.1, -0.05) is 0 Å². The third-order valence-electron chi connectivity index (χ3n) is 3.39. The zero-order valence-electron chi connectivity index (χ0n) is 12.4. The Labute approximate surface area is 123 Å². The van der Waals surface area contributed by atoms with E-state index in [1.54, 1.807) is 11.3 Å². The summed E-state index contributed by atoms with van der Waals surface area (Å²) in [6.45, 7) is 6.55. The molecule has 1 N–H and O–H groups in total. The second kappa shape index (κ2) is 6.17. The van der Waals surface area contributed by atoms with Crippen LogP contribution in [0.2, 0.25) is 0 Å². The average molecular weight is 292 g/mol. The summed E-state index contributed by atoms with van der Waals surface area (Å²) in [6, 6.07) is 0. The van der Waals surface area contributed by atoms with Crippen molar-refractivity contribution in [3.8, 4) is 0 Å². The maximum Gasteiger partial charge on any atom is 0.220 e. The maximum atomic E-state index is 11.9. The molecule has 2 rings (SSSR count). The summed E-state index contributed by atoms with van der Waals surface area (Å²) >= 11 is 1.61. The first-order valence-corrected chi connectivity index (χ1v) is 7.46. The van der Waals surface area contributed by atoms with Crippen LogP contribution in [0.4, 0.5) is 0 Å². The Bertz CT molecular complexity index is 615. The molecule has 1 amide bonds. The lowest BCUT2D eigenvalue weighted by Gasteiger charge is -2.04. The third-order valence-corrected chi connectivity index (χ3v) is 4.30. The van der Waals surface area contributed by atoms with E-state index in [9.17, 15) is 4.79 Å². The van der Waals surface area contributed by atoms with Gasteiger partial charge in [0.05, 0.1) is 17.2 Å². The summed E-state index contributed by atoms with van der Waals surface area (Å²) in [5.41, 5.74) is 3.32. The topological polar surface area (TPSA) is 59.8 Å². The van der Waals surface area contributed by atoms with E-state index >= 15 is 0 Å². The second-order valence-electron chi connectivity index (χ2n) is 4.90. The highest BCUT2D eigenvalue weighted by Crippen LogP contribution is 2.14. The molecule has 0 aliphatic rings. The van der Waals surface area contributed by atoms with Crippen molar-refractivity contribution >= 4 is 17.2 Å². The molecule has 0 fully saturated rings. The van der Waals surface area contributed by atoms with E-state index in [1.807, 2.05) is 38.7 Å². The molecule has 0 radical (unpaired) electrons. The Balaban J connectivity index is 1.83. The Kier molecular flexibility index (Phi) is 4.54. The highest BCUT2D eigenvalue weighted by molar-refractivity contribution is 7.11. The lowest BCUT2D eigenvalue weighted by atomic mass is 10.1. The van der Waals surface area contributed by atoms with Gasteiger partial charge >= 0.3 is 0 Å². The molecule has 108 valence electrons. The monoisotopic (exact) mass is 292 g/mol. The van der Waals surface area contributed by atoms with Crippen LogP contribution in [0.25, 0.3) is 0 Å². The van der Waals surface area contributed by atoms with Crippen molar-refractivity contribution in [1.29, 1.82) is 0 Å². The Hall–Kier alpha value is -1.69. The highest BCUT2D eigenvalue weighted by atomic mass is 32.1. The predicted molar refractivity (Wildman–Crippen MR) is 79.7 cm³/mol. The number of rotatable bonds is 5. The largest absolute Gasteiger partial charge is 0.351 e. The van der Waals surface area contributed by atoms with Crippen LogP contribution in [0.15, 0.2) is 6.20 Å². The SMILES string of the molecule is Cc1ncc(CNC(=O)CCc2c(C)nn(C)c2C)s1. The van der Waals surface area contributed by atoms with E-state index in [0.717, 1.165) is 27.7 Å². The minimum Gasteiger partial charge on any atom is -0.351 e. The summed E-state index contributed by atoms with van der Waals surface area (Å²) in [5, 5.41) is 8.32. The van der Waals surface area contributed by atoms with E-state index in [-0.39, 0.29) is 5.91 Å². The number of nitrogens with zero attached hydrogens (tertiary/aromatic N) is 3. The molecule has 0 spiro atoms. The second-order valence-corrected chi connectivity index (χ2v) is 6.21. The molecule has 5 nitrogen and oxygen atoms in total. The number of aromatic nitrogens is 3. The quantitative estimate of drug-likeness (QED) is 0.917. The van der Waals surface area contributed by atoms with Crippen LogP contribution in [-0.4, -0.2) is 20.7 Å². The first kappa shape index (κ1) is 14.7.